The number of non-ortho nitro benzene ring substituents is 1. The molecule has 210 valence electrons. The molecule has 2 heterocycles. The molecule has 0 unspecified atom stereocenters. The first-order valence-corrected chi connectivity index (χ1v) is 12.5. The van der Waals surface area contributed by atoms with Crippen molar-refractivity contribution in [3.8, 4) is 5.69 Å². The summed E-state index contributed by atoms with van der Waals surface area (Å²) in [7, 11) is 0. The van der Waals surface area contributed by atoms with Gasteiger partial charge in [-0.25, -0.2) is 13.6 Å². The number of carboxylic acids is 1. The Labute approximate surface area is 230 Å². The van der Waals surface area contributed by atoms with Crippen molar-refractivity contribution in [3.63, 3.8) is 0 Å². The average Bonchev–Trinajstić information content (AvgIpc) is 2.97. The van der Waals surface area contributed by atoms with Crippen molar-refractivity contribution in [1.82, 2.24) is 9.47 Å². The van der Waals surface area contributed by atoms with Gasteiger partial charge in [-0.15, -0.1) is 0 Å². The van der Waals surface area contributed by atoms with E-state index in [1.54, 1.807) is 4.90 Å². The van der Waals surface area contributed by atoms with Crippen LogP contribution in [0.25, 0.3) is 16.6 Å². The Morgan fingerprint density at radius 1 is 1.00 bits per heavy atom. The van der Waals surface area contributed by atoms with Crippen molar-refractivity contribution in [2.75, 3.05) is 37.6 Å². The van der Waals surface area contributed by atoms with E-state index in [2.05, 4.69) is 5.16 Å². The van der Waals surface area contributed by atoms with E-state index in [4.69, 9.17) is 0 Å². The molecule has 0 radical (unpaired) electrons. The number of halogens is 2. The van der Waals surface area contributed by atoms with Crippen molar-refractivity contribution in [1.29, 1.82) is 0 Å². The zero-order valence-electron chi connectivity index (χ0n) is 21.4. The van der Waals surface area contributed by atoms with Gasteiger partial charge in [-0.05, 0) is 36.4 Å². The minimum absolute atomic E-state index is 0.147. The summed E-state index contributed by atoms with van der Waals surface area (Å²) in [6, 6.07) is 13.4. The van der Waals surface area contributed by atoms with Gasteiger partial charge in [-0.2, -0.15) is 0 Å². The monoisotopic (exact) mass is 563 g/mol. The SMILES string of the molecule is O=C(O)c1cn(-c2ccc([N+](=O)[O-])cc2)c2cc(N3CCN(C/C(=N/O)c4ccc(F)cc4)CC3)c(F)cc2c1=O. The zero-order chi connectivity index (χ0) is 29.3. The number of carbonyl (C=O) groups is 1. The van der Waals surface area contributed by atoms with E-state index in [1.165, 1.54) is 59.2 Å². The fourth-order valence-electron chi connectivity index (χ4n) is 4.86. The van der Waals surface area contributed by atoms with Crippen molar-refractivity contribution >= 4 is 34.0 Å². The highest BCUT2D eigenvalue weighted by molar-refractivity contribution is 6.01. The lowest BCUT2D eigenvalue weighted by Crippen LogP contribution is -2.48. The molecule has 1 aliphatic rings. The molecule has 1 aliphatic heterocycles. The molecule has 4 aromatic rings. The molecule has 0 atom stereocenters. The summed E-state index contributed by atoms with van der Waals surface area (Å²) in [5.41, 5.74) is 0.122. The summed E-state index contributed by atoms with van der Waals surface area (Å²) in [6.45, 7) is 2.02. The summed E-state index contributed by atoms with van der Waals surface area (Å²) in [6.07, 6.45) is 1.12. The molecule has 0 bridgehead atoms. The number of piperazine rings is 1. The fourth-order valence-corrected chi connectivity index (χ4v) is 4.86. The number of rotatable bonds is 7. The number of nitro groups is 1. The van der Waals surface area contributed by atoms with Crippen LogP contribution < -0.4 is 10.3 Å². The van der Waals surface area contributed by atoms with E-state index >= 15 is 4.39 Å². The van der Waals surface area contributed by atoms with Crippen molar-refractivity contribution in [3.05, 3.63) is 110 Å². The van der Waals surface area contributed by atoms with E-state index < -0.39 is 33.5 Å². The lowest BCUT2D eigenvalue weighted by atomic mass is 10.1. The number of benzene rings is 3. The molecule has 0 amide bonds. The van der Waals surface area contributed by atoms with E-state index in [-0.39, 0.29) is 28.8 Å². The van der Waals surface area contributed by atoms with Crippen molar-refractivity contribution < 1.29 is 28.8 Å². The Morgan fingerprint density at radius 2 is 1.66 bits per heavy atom. The van der Waals surface area contributed by atoms with Gasteiger partial charge in [0.25, 0.3) is 5.69 Å². The maximum atomic E-state index is 15.4. The van der Waals surface area contributed by atoms with Crippen LogP contribution in [0.4, 0.5) is 20.2 Å². The highest BCUT2D eigenvalue weighted by Gasteiger charge is 2.24. The standard InChI is InChI=1S/C28H23F2N5O6/c29-18-3-1-17(2-4-18)24(31-39)16-32-9-11-33(12-10-32)26-14-25-21(13-23(26)30)27(36)22(28(37)38)15-34(25)19-5-7-20(8-6-19)35(40)41/h1-8,13-15,39H,9-12,16H2,(H,37,38)/b31-24-. The van der Waals surface area contributed by atoms with Crippen molar-refractivity contribution in [2.45, 2.75) is 0 Å². The number of aromatic carboxylic acids is 1. The molecular weight excluding hydrogens is 540 g/mol. The Morgan fingerprint density at radius 3 is 2.24 bits per heavy atom. The van der Waals surface area contributed by atoms with Gasteiger partial charge in [0.1, 0.15) is 22.9 Å². The number of oxime groups is 1. The number of hydrogen-bond donors (Lipinski definition) is 2. The Balaban J connectivity index is 1.45. The number of anilines is 1. The predicted octanol–water partition coefficient (Wildman–Crippen LogP) is 3.88. The lowest BCUT2D eigenvalue weighted by molar-refractivity contribution is -0.384. The lowest BCUT2D eigenvalue weighted by Gasteiger charge is -2.36. The second kappa shape index (κ2) is 11.1. The third-order valence-corrected chi connectivity index (χ3v) is 7.03. The Kier molecular flexibility index (Phi) is 7.44. The molecule has 1 aromatic heterocycles. The Bertz CT molecular complexity index is 1730. The largest absolute Gasteiger partial charge is 0.477 e. The highest BCUT2D eigenvalue weighted by Crippen LogP contribution is 2.28. The second-order valence-corrected chi connectivity index (χ2v) is 9.46. The molecule has 5 rings (SSSR count). The van der Waals surface area contributed by atoms with Gasteiger partial charge in [0, 0.05) is 67.7 Å². The molecule has 2 N–H and O–H groups in total. The number of hydrogen-bond acceptors (Lipinski definition) is 8. The van der Waals surface area contributed by atoms with E-state index in [9.17, 15) is 34.4 Å². The third kappa shape index (κ3) is 5.47. The molecule has 13 heteroatoms. The normalized spacial score (nSPS) is 14.4. The van der Waals surface area contributed by atoms with Crippen LogP contribution in [0.5, 0.6) is 0 Å². The van der Waals surface area contributed by atoms with Crippen LogP contribution in [0.2, 0.25) is 0 Å². The number of carboxylic acid groups (broad SMARTS) is 1. The van der Waals surface area contributed by atoms with Gasteiger partial charge < -0.3 is 19.8 Å². The maximum Gasteiger partial charge on any atom is 0.341 e. The summed E-state index contributed by atoms with van der Waals surface area (Å²) in [5.74, 6) is -2.60. The second-order valence-electron chi connectivity index (χ2n) is 9.46. The van der Waals surface area contributed by atoms with Crippen LogP contribution in [0, 0.1) is 21.7 Å². The van der Waals surface area contributed by atoms with Gasteiger partial charge in [-0.3, -0.25) is 19.8 Å². The van der Waals surface area contributed by atoms with Crippen LogP contribution in [-0.4, -0.2) is 69.1 Å². The van der Waals surface area contributed by atoms with Gasteiger partial charge in [0.05, 0.1) is 16.1 Å². The van der Waals surface area contributed by atoms with Crippen LogP contribution in [0.1, 0.15) is 15.9 Å². The summed E-state index contributed by atoms with van der Waals surface area (Å²) >= 11 is 0. The predicted molar refractivity (Wildman–Crippen MR) is 146 cm³/mol. The molecule has 0 spiro atoms. The number of aromatic nitrogens is 1. The number of nitrogens with zero attached hydrogens (tertiary/aromatic N) is 5. The Hall–Kier alpha value is -5.17. The van der Waals surface area contributed by atoms with Gasteiger partial charge in [0.2, 0.25) is 5.43 Å². The first-order chi connectivity index (χ1) is 19.7. The quantitative estimate of drug-likeness (QED) is 0.149. The minimum Gasteiger partial charge on any atom is -0.477 e. The van der Waals surface area contributed by atoms with E-state index in [0.29, 0.717) is 43.1 Å². The molecule has 3 aromatic carbocycles. The maximum absolute atomic E-state index is 15.4. The van der Waals surface area contributed by atoms with E-state index in [0.717, 1.165) is 12.3 Å². The number of fused-ring (bicyclic) bond motifs is 1. The van der Waals surface area contributed by atoms with Crippen molar-refractivity contribution in [2.24, 2.45) is 5.16 Å². The van der Waals surface area contributed by atoms with Gasteiger partial charge in [-0.1, -0.05) is 17.3 Å². The highest BCUT2D eigenvalue weighted by atomic mass is 19.1. The molecule has 41 heavy (non-hydrogen) atoms. The van der Waals surface area contributed by atoms with Gasteiger partial charge >= 0.3 is 5.97 Å². The molecule has 1 saturated heterocycles. The first-order valence-electron chi connectivity index (χ1n) is 12.5. The topological polar surface area (TPSA) is 142 Å². The smallest absolute Gasteiger partial charge is 0.341 e. The minimum atomic E-state index is -1.49. The first kappa shape index (κ1) is 27.4. The van der Waals surface area contributed by atoms with E-state index in [1.807, 2.05) is 4.90 Å². The third-order valence-electron chi connectivity index (χ3n) is 7.03. The molecule has 1 fully saturated rings. The van der Waals surface area contributed by atoms with Gasteiger partial charge in [0.15, 0.2) is 0 Å². The number of pyridine rings is 1. The summed E-state index contributed by atoms with van der Waals surface area (Å²) < 4.78 is 30.1. The number of nitro benzene ring substituents is 1. The average molecular weight is 564 g/mol. The molecule has 11 nitrogen and oxygen atoms in total. The molecule has 0 aliphatic carbocycles. The zero-order valence-corrected chi connectivity index (χ0v) is 21.4. The fraction of sp³-hybridized carbons (Fsp3) is 0.179. The summed E-state index contributed by atoms with van der Waals surface area (Å²) in [5, 5.41) is 33.4. The van der Waals surface area contributed by atoms with Crippen LogP contribution >= 0.6 is 0 Å². The molecular formula is C28H23F2N5O6. The van der Waals surface area contributed by atoms with Crippen LogP contribution in [0.15, 0.2) is 76.8 Å². The molecule has 0 saturated carbocycles. The summed E-state index contributed by atoms with van der Waals surface area (Å²) in [4.78, 5) is 39.0. The van der Waals surface area contributed by atoms with Crippen LogP contribution in [-0.2, 0) is 0 Å². The van der Waals surface area contributed by atoms with Crippen LogP contribution in [0.3, 0.4) is 0 Å².